The third-order valence-electron chi connectivity index (χ3n) is 4.54. The van der Waals surface area contributed by atoms with Gasteiger partial charge in [-0.15, -0.1) is 0 Å². The molecule has 0 bridgehead atoms. The average Bonchev–Trinajstić information content (AvgIpc) is 2.48. The van der Waals surface area contributed by atoms with Crippen molar-refractivity contribution in [2.75, 3.05) is 0 Å². The molecule has 0 heteroatoms. The van der Waals surface area contributed by atoms with Gasteiger partial charge >= 0.3 is 0 Å². The number of hydrogen-bond donors (Lipinski definition) is 0. The maximum Gasteiger partial charge on any atom is -0.0348 e. The lowest BCUT2D eigenvalue weighted by atomic mass is 9.97. The molecule has 120 valence electrons. The van der Waals surface area contributed by atoms with Gasteiger partial charge in [0.15, 0.2) is 0 Å². The molecule has 0 nitrogen and oxygen atoms in total. The Morgan fingerprint density at radius 1 is 0.600 bits per heavy atom. The fourth-order valence-corrected chi connectivity index (χ4v) is 2.84. The van der Waals surface area contributed by atoms with E-state index in [1.807, 2.05) is 0 Å². The third kappa shape index (κ3) is 14.2. The van der Waals surface area contributed by atoms with E-state index < -0.39 is 0 Å². The first-order chi connectivity index (χ1) is 9.85. The monoisotopic (exact) mass is 280 g/mol. The van der Waals surface area contributed by atoms with Crippen LogP contribution in [0.3, 0.4) is 0 Å². The molecule has 0 aromatic heterocycles. The van der Waals surface area contributed by atoms with Crippen LogP contribution in [0, 0.1) is 5.92 Å². The highest BCUT2D eigenvalue weighted by atomic mass is 14.1. The van der Waals surface area contributed by atoms with Crippen molar-refractivity contribution in [3.63, 3.8) is 0 Å². The molecule has 0 unspecified atom stereocenters. The fraction of sp³-hybridized carbons (Fsp3) is 0.900. The zero-order chi connectivity index (χ0) is 14.9. The third-order valence-corrected chi connectivity index (χ3v) is 4.54. The molecule has 0 spiro atoms. The van der Waals surface area contributed by atoms with Crippen LogP contribution in [0.1, 0.15) is 111 Å². The summed E-state index contributed by atoms with van der Waals surface area (Å²) in [6, 6.07) is 0. The lowest BCUT2D eigenvalue weighted by molar-refractivity contribution is 0.460. The van der Waals surface area contributed by atoms with Crippen molar-refractivity contribution in [3.8, 4) is 0 Å². The van der Waals surface area contributed by atoms with E-state index in [9.17, 15) is 0 Å². The maximum absolute atomic E-state index is 2.42. The Morgan fingerprint density at radius 3 is 1.65 bits per heavy atom. The Labute approximate surface area is 129 Å². The summed E-state index contributed by atoms with van der Waals surface area (Å²) in [5.41, 5.74) is 0. The van der Waals surface area contributed by atoms with Gasteiger partial charge in [-0.3, -0.25) is 0 Å². The minimum absolute atomic E-state index is 0.951. The maximum atomic E-state index is 2.42. The summed E-state index contributed by atoms with van der Waals surface area (Å²) in [4.78, 5) is 0. The van der Waals surface area contributed by atoms with Crippen molar-refractivity contribution < 1.29 is 0 Å². The standard InChI is InChI=1S/C20H40/c1-4-7-8-9-10-11-12-13-14-15-16-17-18-19-20(5-2)6-3/h16-17,20H,4-15,18-19H2,1-3H3. The predicted octanol–water partition coefficient (Wildman–Crippen LogP) is 7.68. The smallest absolute Gasteiger partial charge is 0.0348 e. The number of allylic oxidation sites excluding steroid dienone is 2. The number of rotatable bonds is 15. The minimum atomic E-state index is 0.951. The van der Waals surface area contributed by atoms with Gasteiger partial charge in [0.25, 0.3) is 0 Å². The molecule has 0 heterocycles. The number of hydrogen-bond acceptors (Lipinski definition) is 0. The van der Waals surface area contributed by atoms with E-state index in [0.717, 1.165) is 5.92 Å². The summed E-state index contributed by atoms with van der Waals surface area (Å²) >= 11 is 0. The molecule has 0 amide bonds. The van der Waals surface area contributed by atoms with Gasteiger partial charge in [-0.1, -0.05) is 97.1 Å². The zero-order valence-corrected chi connectivity index (χ0v) is 14.6. The van der Waals surface area contributed by atoms with Crippen LogP contribution in [0.2, 0.25) is 0 Å². The first-order valence-corrected chi connectivity index (χ1v) is 9.50. The lowest BCUT2D eigenvalue weighted by Crippen LogP contribution is -1.94. The van der Waals surface area contributed by atoms with Crippen LogP contribution < -0.4 is 0 Å². The second-order valence-electron chi connectivity index (χ2n) is 6.35. The van der Waals surface area contributed by atoms with Crippen LogP contribution >= 0.6 is 0 Å². The van der Waals surface area contributed by atoms with E-state index >= 15 is 0 Å². The summed E-state index contributed by atoms with van der Waals surface area (Å²) in [7, 11) is 0. The van der Waals surface area contributed by atoms with E-state index in [1.54, 1.807) is 0 Å². The molecule has 0 saturated heterocycles. The highest BCUT2D eigenvalue weighted by Crippen LogP contribution is 2.15. The van der Waals surface area contributed by atoms with Crippen molar-refractivity contribution in [1.29, 1.82) is 0 Å². The molecule has 0 aromatic rings. The van der Waals surface area contributed by atoms with E-state index in [1.165, 1.54) is 89.9 Å². The summed E-state index contributed by atoms with van der Waals surface area (Å²) in [6.45, 7) is 6.93. The molecule has 20 heavy (non-hydrogen) atoms. The Kier molecular flexibility index (Phi) is 16.6. The summed E-state index contributed by atoms with van der Waals surface area (Å²) in [5.74, 6) is 0.951. The zero-order valence-electron chi connectivity index (χ0n) is 14.6. The molecule has 0 aliphatic heterocycles. The van der Waals surface area contributed by atoms with Gasteiger partial charge in [-0.25, -0.2) is 0 Å². The van der Waals surface area contributed by atoms with Gasteiger partial charge in [0.05, 0.1) is 0 Å². The highest BCUT2D eigenvalue weighted by Gasteiger charge is 2.00. The Morgan fingerprint density at radius 2 is 1.10 bits per heavy atom. The van der Waals surface area contributed by atoms with Crippen molar-refractivity contribution in [3.05, 3.63) is 12.2 Å². The summed E-state index contributed by atoms with van der Waals surface area (Å²) < 4.78 is 0. The van der Waals surface area contributed by atoms with Gasteiger partial charge in [-0.2, -0.15) is 0 Å². The number of unbranched alkanes of at least 4 members (excludes halogenated alkanes) is 9. The Hall–Kier alpha value is -0.260. The first kappa shape index (κ1) is 19.7. The molecule has 0 aromatic carbocycles. The summed E-state index contributed by atoms with van der Waals surface area (Å²) in [5, 5.41) is 0. The Bertz CT molecular complexity index is 188. The van der Waals surface area contributed by atoms with E-state index in [-0.39, 0.29) is 0 Å². The van der Waals surface area contributed by atoms with Gasteiger partial charge < -0.3 is 0 Å². The van der Waals surface area contributed by atoms with Crippen LogP contribution in [0.4, 0.5) is 0 Å². The van der Waals surface area contributed by atoms with Crippen LogP contribution in [-0.4, -0.2) is 0 Å². The molecule has 0 radical (unpaired) electrons. The minimum Gasteiger partial charge on any atom is -0.0885 e. The molecule has 0 N–H and O–H groups in total. The summed E-state index contributed by atoms with van der Waals surface area (Å²) in [6.07, 6.45) is 24.5. The van der Waals surface area contributed by atoms with Crippen molar-refractivity contribution in [1.82, 2.24) is 0 Å². The quantitative estimate of drug-likeness (QED) is 0.213. The van der Waals surface area contributed by atoms with Gasteiger partial charge in [-0.05, 0) is 31.6 Å². The molecule has 0 aliphatic rings. The molecule has 0 fully saturated rings. The normalized spacial score (nSPS) is 11.8. The van der Waals surface area contributed by atoms with Crippen LogP contribution in [-0.2, 0) is 0 Å². The average molecular weight is 281 g/mol. The van der Waals surface area contributed by atoms with E-state index in [0.29, 0.717) is 0 Å². The van der Waals surface area contributed by atoms with E-state index in [2.05, 4.69) is 32.9 Å². The van der Waals surface area contributed by atoms with Crippen molar-refractivity contribution in [2.24, 2.45) is 5.92 Å². The lowest BCUT2D eigenvalue weighted by Gasteiger charge is -2.09. The van der Waals surface area contributed by atoms with E-state index in [4.69, 9.17) is 0 Å². The molecule has 0 saturated carbocycles. The van der Waals surface area contributed by atoms with Crippen molar-refractivity contribution >= 4 is 0 Å². The second kappa shape index (κ2) is 16.8. The Balaban J connectivity index is 3.15. The molecule has 0 aliphatic carbocycles. The molecule has 0 rings (SSSR count). The largest absolute Gasteiger partial charge is 0.0885 e. The topological polar surface area (TPSA) is 0 Å². The van der Waals surface area contributed by atoms with Gasteiger partial charge in [0.1, 0.15) is 0 Å². The first-order valence-electron chi connectivity index (χ1n) is 9.50. The van der Waals surface area contributed by atoms with Crippen LogP contribution in [0.5, 0.6) is 0 Å². The van der Waals surface area contributed by atoms with Crippen molar-refractivity contribution in [2.45, 2.75) is 111 Å². The van der Waals surface area contributed by atoms with Crippen LogP contribution in [0.25, 0.3) is 0 Å². The fourth-order valence-electron chi connectivity index (χ4n) is 2.84. The van der Waals surface area contributed by atoms with Crippen LogP contribution in [0.15, 0.2) is 12.2 Å². The predicted molar refractivity (Wildman–Crippen MR) is 94.3 cm³/mol. The molecular weight excluding hydrogens is 240 g/mol. The molecular formula is C20H40. The van der Waals surface area contributed by atoms with Gasteiger partial charge in [0, 0.05) is 0 Å². The second-order valence-corrected chi connectivity index (χ2v) is 6.35. The van der Waals surface area contributed by atoms with Gasteiger partial charge in [0.2, 0.25) is 0 Å². The SMILES string of the molecule is CCCCCCCCCCCC=CCCC(CC)CC. The highest BCUT2D eigenvalue weighted by molar-refractivity contribution is 4.82. The molecule has 0 atom stereocenters.